The topological polar surface area (TPSA) is 46.5 Å². The van der Waals surface area contributed by atoms with Gasteiger partial charge < -0.3 is 4.74 Å². The van der Waals surface area contributed by atoms with E-state index in [1.54, 1.807) is 13.3 Å². The molecule has 0 aliphatic carbocycles. The number of methoxy groups -OCH3 is 1. The van der Waals surface area contributed by atoms with E-state index in [9.17, 15) is 0 Å². The van der Waals surface area contributed by atoms with E-state index in [-0.39, 0.29) is 0 Å². The lowest BCUT2D eigenvalue weighted by Crippen LogP contribution is -1.90. The van der Waals surface area contributed by atoms with Gasteiger partial charge >= 0.3 is 0 Å². The zero-order chi connectivity index (χ0) is 16.9. The highest BCUT2D eigenvalue weighted by Crippen LogP contribution is 2.35. The van der Waals surface area contributed by atoms with Gasteiger partial charge in [0.15, 0.2) is 0 Å². The Hall–Kier alpha value is -2.37. The summed E-state index contributed by atoms with van der Waals surface area (Å²) in [7, 11) is 1.64. The number of aryl methyl sites for hydroxylation is 1. The number of hydrogen-bond acceptors (Lipinski definition) is 5. The number of ether oxygens (including phenoxy) is 1. The van der Waals surface area contributed by atoms with E-state index in [0.717, 1.165) is 22.6 Å². The molecule has 1 N–H and O–H groups in total. The van der Waals surface area contributed by atoms with Crippen LogP contribution in [-0.2, 0) is 0 Å². The molecule has 24 heavy (non-hydrogen) atoms. The van der Waals surface area contributed by atoms with E-state index in [0.29, 0.717) is 9.47 Å². The van der Waals surface area contributed by atoms with Gasteiger partial charge in [0.2, 0.25) is 5.13 Å². The van der Waals surface area contributed by atoms with Crippen molar-refractivity contribution >= 4 is 34.3 Å². The minimum absolute atomic E-state index is 0.619. The molecular weight excluding hydrogens is 342 g/mol. The van der Waals surface area contributed by atoms with Crippen LogP contribution in [0.5, 0.6) is 5.75 Å². The zero-order valence-corrected chi connectivity index (χ0v) is 14.9. The lowest BCUT2D eigenvalue weighted by Gasteiger charge is -2.01. The van der Waals surface area contributed by atoms with Gasteiger partial charge in [-0.05, 0) is 36.8 Å². The molecule has 0 unspecified atom stereocenters. The number of aromatic nitrogens is 1. The highest BCUT2D eigenvalue weighted by atomic mass is 35.5. The van der Waals surface area contributed by atoms with E-state index >= 15 is 0 Å². The molecule has 1 heterocycles. The predicted molar refractivity (Wildman–Crippen MR) is 102 cm³/mol. The molecule has 0 saturated carbocycles. The Balaban J connectivity index is 1.72. The molecular formula is C18H16ClN3OS. The van der Waals surface area contributed by atoms with E-state index < -0.39 is 0 Å². The van der Waals surface area contributed by atoms with Crippen molar-refractivity contribution in [3.8, 4) is 17.0 Å². The van der Waals surface area contributed by atoms with Crippen LogP contribution in [0.4, 0.5) is 5.13 Å². The first-order chi connectivity index (χ1) is 11.7. The molecule has 0 aliphatic heterocycles. The van der Waals surface area contributed by atoms with Crippen LogP contribution in [0.2, 0.25) is 4.34 Å². The molecule has 3 rings (SSSR count). The monoisotopic (exact) mass is 357 g/mol. The molecule has 6 heteroatoms. The first kappa shape index (κ1) is 16.5. The summed E-state index contributed by atoms with van der Waals surface area (Å²) in [6.45, 7) is 2.05. The van der Waals surface area contributed by atoms with E-state index in [2.05, 4.69) is 22.4 Å². The summed E-state index contributed by atoms with van der Waals surface area (Å²) in [6, 6.07) is 15.7. The van der Waals surface area contributed by atoms with Gasteiger partial charge in [-0.15, -0.1) is 0 Å². The Labute approximate surface area is 149 Å². The van der Waals surface area contributed by atoms with Crippen molar-refractivity contribution in [3.63, 3.8) is 0 Å². The Morgan fingerprint density at radius 3 is 2.50 bits per heavy atom. The average Bonchev–Trinajstić information content (AvgIpc) is 2.97. The Morgan fingerprint density at radius 1 is 1.12 bits per heavy atom. The number of benzene rings is 2. The quantitative estimate of drug-likeness (QED) is 0.502. The third-order valence-corrected chi connectivity index (χ3v) is 4.56. The summed E-state index contributed by atoms with van der Waals surface area (Å²) < 4.78 is 5.78. The number of rotatable bonds is 5. The standard InChI is InChI=1S/C18H16ClN3OS/c1-12-3-5-13(6-4-12)11-20-22-18-21-16(17(19)24-18)14-7-9-15(23-2)10-8-14/h3-11H,1-2H3,(H,21,22)/b20-11-. The predicted octanol–water partition coefficient (Wildman–Crippen LogP) is 5.23. The third kappa shape index (κ3) is 3.93. The van der Waals surface area contributed by atoms with Crippen molar-refractivity contribution in [1.29, 1.82) is 0 Å². The number of hydrogen-bond donors (Lipinski definition) is 1. The molecule has 0 atom stereocenters. The Bertz CT molecular complexity index is 842. The number of anilines is 1. The average molecular weight is 358 g/mol. The molecule has 122 valence electrons. The highest BCUT2D eigenvalue weighted by molar-refractivity contribution is 7.20. The summed E-state index contributed by atoms with van der Waals surface area (Å²) in [5.41, 5.74) is 6.84. The number of thiazole rings is 1. The second kappa shape index (κ2) is 7.47. The molecule has 0 radical (unpaired) electrons. The van der Waals surface area contributed by atoms with Crippen LogP contribution in [-0.4, -0.2) is 18.3 Å². The van der Waals surface area contributed by atoms with E-state index in [1.165, 1.54) is 16.9 Å². The molecule has 4 nitrogen and oxygen atoms in total. The summed E-state index contributed by atoms with van der Waals surface area (Å²) in [4.78, 5) is 4.50. The molecule has 0 spiro atoms. The summed E-state index contributed by atoms with van der Waals surface area (Å²) >= 11 is 7.65. The van der Waals surface area contributed by atoms with Crippen molar-refractivity contribution in [2.75, 3.05) is 12.5 Å². The zero-order valence-electron chi connectivity index (χ0n) is 13.3. The normalized spacial score (nSPS) is 11.0. The molecule has 3 aromatic rings. The van der Waals surface area contributed by atoms with Crippen molar-refractivity contribution < 1.29 is 4.74 Å². The fourth-order valence-corrected chi connectivity index (χ4v) is 3.13. The van der Waals surface area contributed by atoms with Crippen LogP contribution in [0.1, 0.15) is 11.1 Å². The number of halogens is 1. The van der Waals surface area contributed by atoms with Gasteiger partial charge in [0.1, 0.15) is 15.8 Å². The van der Waals surface area contributed by atoms with Crippen molar-refractivity contribution in [2.45, 2.75) is 6.92 Å². The molecule has 0 fully saturated rings. The molecule has 1 aromatic heterocycles. The van der Waals surface area contributed by atoms with Crippen molar-refractivity contribution in [1.82, 2.24) is 4.98 Å². The lowest BCUT2D eigenvalue weighted by molar-refractivity contribution is 0.415. The van der Waals surface area contributed by atoms with Gasteiger partial charge in [-0.25, -0.2) is 4.98 Å². The van der Waals surface area contributed by atoms with Crippen molar-refractivity contribution in [3.05, 3.63) is 64.0 Å². The van der Waals surface area contributed by atoms with Gasteiger partial charge in [0, 0.05) is 5.56 Å². The summed E-state index contributed by atoms with van der Waals surface area (Å²) in [6.07, 6.45) is 1.75. The minimum atomic E-state index is 0.619. The maximum absolute atomic E-state index is 6.30. The van der Waals surface area contributed by atoms with Crippen LogP contribution in [0, 0.1) is 6.92 Å². The van der Waals surface area contributed by atoms with E-state index in [4.69, 9.17) is 16.3 Å². The number of nitrogens with one attached hydrogen (secondary N) is 1. The van der Waals surface area contributed by atoms with Crippen LogP contribution in [0.3, 0.4) is 0 Å². The van der Waals surface area contributed by atoms with Crippen LogP contribution in [0.15, 0.2) is 53.6 Å². The van der Waals surface area contributed by atoms with Gasteiger partial charge in [0.25, 0.3) is 0 Å². The largest absolute Gasteiger partial charge is 0.497 e. The fraction of sp³-hybridized carbons (Fsp3) is 0.111. The smallest absolute Gasteiger partial charge is 0.205 e. The SMILES string of the molecule is COc1ccc(-c2nc(N/N=C\c3ccc(C)cc3)sc2Cl)cc1. The van der Waals surface area contributed by atoms with E-state index in [1.807, 2.05) is 48.5 Å². The second-order valence-electron chi connectivity index (χ2n) is 5.15. The molecule has 0 aliphatic rings. The summed E-state index contributed by atoms with van der Waals surface area (Å²) in [5.74, 6) is 0.797. The summed E-state index contributed by atoms with van der Waals surface area (Å²) in [5, 5.41) is 4.86. The molecule has 0 saturated heterocycles. The number of hydrazone groups is 1. The van der Waals surface area contributed by atoms with Crippen molar-refractivity contribution in [2.24, 2.45) is 5.10 Å². The Morgan fingerprint density at radius 2 is 1.83 bits per heavy atom. The second-order valence-corrected chi connectivity index (χ2v) is 6.75. The lowest BCUT2D eigenvalue weighted by atomic mass is 10.2. The maximum atomic E-state index is 6.30. The minimum Gasteiger partial charge on any atom is -0.497 e. The van der Waals surface area contributed by atoms with Gasteiger partial charge in [0.05, 0.1) is 13.3 Å². The molecule has 2 aromatic carbocycles. The van der Waals surface area contributed by atoms with Gasteiger partial charge in [-0.3, -0.25) is 5.43 Å². The van der Waals surface area contributed by atoms with Crippen LogP contribution < -0.4 is 10.2 Å². The maximum Gasteiger partial charge on any atom is 0.205 e. The third-order valence-electron chi connectivity index (χ3n) is 3.40. The Kier molecular flexibility index (Phi) is 5.13. The first-order valence-corrected chi connectivity index (χ1v) is 8.51. The molecule has 0 bridgehead atoms. The van der Waals surface area contributed by atoms with Gasteiger partial charge in [-0.1, -0.05) is 52.8 Å². The highest BCUT2D eigenvalue weighted by Gasteiger charge is 2.11. The number of nitrogens with zero attached hydrogens (tertiary/aromatic N) is 2. The first-order valence-electron chi connectivity index (χ1n) is 7.32. The fourth-order valence-electron chi connectivity index (χ4n) is 2.09. The van der Waals surface area contributed by atoms with Crippen LogP contribution >= 0.6 is 22.9 Å². The van der Waals surface area contributed by atoms with Crippen LogP contribution in [0.25, 0.3) is 11.3 Å². The molecule has 0 amide bonds. The van der Waals surface area contributed by atoms with Gasteiger partial charge in [-0.2, -0.15) is 5.10 Å².